The average Bonchev–Trinajstić information content (AvgIpc) is 1.88. The van der Waals surface area contributed by atoms with Crippen molar-refractivity contribution in [1.82, 2.24) is 0 Å². The normalized spacial score (nSPS) is 11.7. The van der Waals surface area contributed by atoms with E-state index in [1.165, 1.54) is 0 Å². The molecule has 0 aromatic heterocycles. The number of rotatable bonds is 2. The molecule has 0 fully saturated rings. The van der Waals surface area contributed by atoms with Crippen LogP contribution >= 0.6 is 0 Å². The number of benzene rings is 1. The van der Waals surface area contributed by atoms with Gasteiger partial charge in [0.2, 0.25) is 0 Å². The Morgan fingerprint density at radius 3 is 2.27 bits per heavy atom. The van der Waals surface area contributed by atoms with E-state index in [9.17, 15) is 4.21 Å². The molecule has 0 bridgehead atoms. The van der Waals surface area contributed by atoms with Crippen molar-refractivity contribution in [3.05, 3.63) is 35.9 Å². The Bertz CT molecular complexity index is 225. The summed E-state index contributed by atoms with van der Waals surface area (Å²) in [5.74, 6) is 0.223. The maximum absolute atomic E-state index is 10.3. The summed E-state index contributed by atoms with van der Waals surface area (Å²) < 4.78 is 18.8. The van der Waals surface area contributed by atoms with E-state index in [1.807, 2.05) is 30.3 Å². The molecule has 0 saturated heterocycles. The first kappa shape index (κ1) is 11.3. The van der Waals surface area contributed by atoms with Crippen LogP contribution in [0.3, 0.4) is 0 Å². The third-order valence-corrected chi connectivity index (χ3v) is 1.71. The summed E-state index contributed by atoms with van der Waals surface area (Å²) in [4.78, 5) is 0. The Labute approximate surface area is 90.6 Å². The summed E-state index contributed by atoms with van der Waals surface area (Å²) >= 11 is -1.72. The van der Waals surface area contributed by atoms with Gasteiger partial charge >= 0.3 is 29.6 Å². The Balaban J connectivity index is 0.000001000. The molecule has 11 heavy (non-hydrogen) atoms. The van der Waals surface area contributed by atoms with Gasteiger partial charge in [0.15, 0.2) is 11.1 Å². The summed E-state index contributed by atoms with van der Waals surface area (Å²) in [5.41, 5.74) is 0.892. The van der Waals surface area contributed by atoms with Crippen LogP contribution in [0.25, 0.3) is 0 Å². The van der Waals surface area contributed by atoms with Crippen LogP contribution in [0.4, 0.5) is 0 Å². The van der Waals surface area contributed by atoms with Crippen LogP contribution in [0.5, 0.6) is 0 Å². The molecule has 0 heterocycles. The van der Waals surface area contributed by atoms with E-state index >= 15 is 0 Å². The van der Waals surface area contributed by atoms with Crippen LogP contribution in [0.15, 0.2) is 30.3 Å². The molecule has 0 aliphatic carbocycles. The summed E-state index contributed by atoms with van der Waals surface area (Å²) in [7, 11) is 0. The molecule has 1 aromatic carbocycles. The zero-order valence-electron chi connectivity index (χ0n) is 5.36. The van der Waals surface area contributed by atoms with Gasteiger partial charge in [-0.15, -0.1) is 0 Å². The van der Waals surface area contributed by atoms with Gasteiger partial charge in [-0.05, 0) is 5.56 Å². The van der Waals surface area contributed by atoms with Crippen molar-refractivity contribution < 1.29 is 8.76 Å². The van der Waals surface area contributed by atoms with E-state index in [4.69, 9.17) is 4.55 Å². The van der Waals surface area contributed by atoms with Crippen LogP contribution < -0.4 is 0 Å². The average molecular weight is 180 g/mol. The molecule has 0 aliphatic heterocycles. The van der Waals surface area contributed by atoms with E-state index in [2.05, 4.69) is 0 Å². The van der Waals surface area contributed by atoms with Gasteiger partial charge < -0.3 is 4.55 Å². The third kappa shape index (κ3) is 4.71. The van der Waals surface area contributed by atoms with Crippen molar-refractivity contribution in [3.63, 3.8) is 0 Å². The second-order valence-corrected chi connectivity index (χ2v) is 2.88. The maximum atomic E-state index is 10.3. The number of hydrogen-bond donors (Lipinski definition) is 1. The number of hydrogen-bond acceptors (Lipinski definition) is 1. The van der Waals surface area contributed by atoms with E-state index in [-0.39, 0.29) is 35.3 Å². The molecular formula is C7H9NaO2S. The molecule has 56 valence electrons. The molecule has 1 N–H and O–H groups in total. The summed E-state index contributed by atoms with van der Waals surface area (Å²) in [6.45, 7) is 0. The van der Waals surface area contributed by atoms with Crippen molar-refractivity contribution in [2.24, 2.45) is 0 Å². The standard InChI is InChI=1S/C7H8O2S.Na.H/c8-10(9)6-7-4-2-1-3-5-7;;/h1-5H,6H2,(H,8,9);;. The molecule has 1 unspecified atom stereocenters. The van der Waals surface area contributed by atoms with E-state index in [0.717, 1.165) is 5.56 Å². The van der Waals surface area contributed by atoms with Gasteiger partial charge in [-0.2, -0.15) is 0 Å². The second kappa shape index (κ2) is 5.91. The molecule has 1 aromatic rings. The van der Waals surface area contributed by atoms with Crippen molar-refractivity contribution in [3.8, 4) is 0 Å². The van der Waals surface area contributed by atoms with Gasteiger partial charge in [-0.3, -0.25) is 0 Å². The zero-order valence-corrected chi connectivity index (χ0v) is 6.17. The quantitative estimate of drug-likeness (QED) is 0.539. The molecule has 0 amide bonds. The van der Waals surface area contributed by atoms with Gasteiger partial charge in [-0.1, -0.05) is 30.3 Å². The Morgan fingerprint density at radius 2 is 1.82 bits per heavy atom. The van der Waals surface area contributed by atoms with Crippen LogP contribution in [-0.2, 0) is 16.8 Å². The molecule has 1 atom stereocenters. The SMILES string of the molecule is O=S(O)Cc1ccccc1.[NaH]. The first-order valence-electron chi connectivity index (χ1n) is 2.90. The predicted octanol–water partition coefficient (Wildman–Crippen LogP) is 0.760. The van der Waals surface area contributed by atoms with Gasteiger partial charge in [0.25, 0.3) is 0 Å². The Kier molecular flexibility index (Phi) is 6.09. The van der Waals surface area contributed by atoms with Crippen LogP contribution in [0, 0.1) is 0 Å². The monoisotopic (exact) mass is 180 g/mol. The first-order valence-corrected chi connectivity index (χ1v) is 4.18. The molecule has 0 spiro atoms. The molecule has 2 nitrogen and oxygen atoms in total. The molecule has 1 rings (SSSR count). The molecule has 0 aliphatic rings. The van der Waals surface area contributed by atoms with Gasteiger partial charge in [-0.25, -0.2) is 4.21 Å². The third-order valence-electron chi connectivity index (χ3n) is 1.13. The van der Waals surface area contributed by atoms with E-state index in [1.54, 1.807) is 0 Å². The van der Waals surface area contributed by atoms with Crippen molar-refractivity contribution in [2.45, 2.75) is 5.75 Å². The predicted molar refractivity (Wildman–Crippen MR) is 48.1 cm³/mol. The zero-order chi connectivity index (χ0) is 7.40. The molecule has 0 saturated carbocycles. The summed E-state index contributed by atoms with van der Waals surface area (Å²) in [6.07, 6.45) is 0. The van der Waals surface area contributed by atoms with Gasteiger partial charge in [0.1, 0.15) is 0 Å². The fourth-order valence-corrected chi connectivity index (χ4v) is 1.19. The molecule has 4 heteroatoms. The fraction of sp³-hybridized carbons (Fsp3) is 0.143. The second-order valence-electron chi connectivity index (χ2n) is 1.95. The van der Waals surface area contributed by atoms with Crippen LogP contribution in [0.1, 0.15) is 5.56 Å². The van der Waals surface area contributed by atoms with Crippen molar-refractivity contribution in [2.75, 3.05) is 0 Å². The van der Waals surface area contributed by atoms with E-state index in [0.29, 0.717) is 0 Å². The van der Waals surface area contributed by atoms with E-state index < -0.39 is 11.1 Å². The van der Waals surface area contributed by atoms with Crippen LogP contribution in [-0.4, -0.2) is 38.3 Å². The minimum absolute atomic E-state index is 0. The van der Waals surface area contributed by atoms with Crippen molar-refractivity contribution in [1.29, 1.82) is 0 Å². The fourth-order valence-electron chi connectivity index (χ4n) is 0.717. The van der Waals surface area contributed by atoms with Crippen molar-refractivity contribution >= 4 is 40.6 Å². The van der Waals surface area contributed by atoms with Gasteiger partial charge in [0, 0.05) is 0 Å². The molecular weight excluding hydrogens is 171 g/mol. The van der Waals surface area contributed by atoms with Crippen LogP contribution in [0.2, 0.25) is 0 Å². The molecule has 0 radical (unpaired) electrons. The summed E-state index contributed by atoms with van der Waals surface area (Å²) in [5, 5.41) is 0. The van der Waals surface area contributed by atoms with Gasteiger partial charge in [0.05, 0.1) is 5.75 Å². The topological polar surface area (TPSA) is 37.3 Å². The minimum atomic E-state index is -1.72. The Hall–Kier alpha value is 0.330. The summed E-state index contributed by atoms with van der Waals surface area (Å²) in [6, 6.07) is 9.23. The first-order chi connectivity index (χ1) is 4.79. The Morgan fingerprint density at radius 1 is 1.27 bits per heavy atom.